The van der Waals surface area contributed by atoms with Crippen molar-refractivity contribution < 1.29 is 126 Å². The number of nitrogens with one attached hydrogen (secondary N) is 15. The zero-order chi connectivity index (χ0) is 86.0. The van der Waals surface area contributed by atoms with Crippen molar-refractivity contribution in [1.29, 1.82) is 0 Å². The van der Waals surface area contributed by atoms with Crippen molar-refractivity contribution in [2.45, 2.75) is 224 Å². The standard InChI is InChI=1S/C65H104N18O26S4/c1-25(2)15-34-55(98)80-41-24-113-110-21-38(58(101)77-37(65(108)109)16-26(3)4)71-44(87)20-69-62(105)50(30(10)84)83-61(104)40(78-51(94)29(9)70-63(106)48(27(5)6)81-57(100)35(18-43(68)86)76-64(107)49(28(7)8)82-60(41)103)23-112-111-22-39(59(102)73-32(53(96)75-34)11-13-45(88)89)79-54(97)33(12-14-46(90)91)72-56(99)36(19-47(92)93)74-52(95)31(66)17-42(67)85/h25-41,48-50,84H,11-24,66H2,1-10H3,(H2,67,85)(H2,68,86)(H,69,105)(H,70,106)(H,71,87)(H,72,99)(H,73,102)(H,74,95)(H,75,96)(H,76,107)(H,77,101)(H,78,94)(H,79,97)(H,80,98)(H,81,100)(H,82,103)(H,83,104)(H,88,89)(H,90,91)(H,92,93)(H,108,109)/t29-,30?,31-,32?,33-,34-,35-,36-,37-,38-,39-,40-,41-,48-,49-,50-/m0/s1. The van der Waals surface area contributed by atoms with Gasteiger partial charge in [-0.05, 0) is 63.2 Å². The van der Waals surface area contributed by atoms with Crippen molar-refractivity contribution in [3.8, 4) is 0 Å². The Morgan fingerprint density at radius 1 is 0.469 bits per heavy atom. The van der Waals surface area contributed by atoms with Gasteiger partial charge in [-0.25, -0.2) is 4.79 Å². The second kappa shape index (κ2) is 49.0. The molecule has 3 aliphatic heterocycles. The molecule has 48 heteroatoms. The van der Waals surface area contributed by atoms with Crippen LogP contribution in [-0.2, 0) is 101 Å². The molecule has 26 N–H and O–H groups in total. The summed E-state index contributed by atoms with van der Waals surface area (Å²) >= 11 is 0. The molecule has 0 aromatic rings. The van der Waals surface area contributed by atoms with Crippen LogP contribution in [0.4, 0.5) is 0 Å². The maximum atomic E-state index is 14.9. The number of aliphatic hydroxyl groups excluding tert-OH is 1. The van der Waals surface area contributed by atoms with Gasteiger partial charge in [-0.2, -0.15) is 0 Å². The number of carbonyl (C=O) groups excluding carboxylic acids is 17. The van der Waals surface area contributed by atoms with E-state index in [9.17, 15) is 126 Å². The molecular formula is C65H104N18O26S4. The van der Waals surface area contributed by atoms with Crippen LogP contribution in [0.5, 0.6) is 0 Å². The summed E-state index contributed by atoms with van der Waals surface area (Å²) in [6.07, 6.45) is -8.77. The van der Waals surface area contributed by atoms with Crippen LogP contribution in [0.15, 0.2) is 0 Å². The molecule has 0 aliphatic carbocycles. The van der Waals surface area contributed by atoms with E-state index in [-0.39, 0.29) is 18.8 Å². The van der Waals surface area contributed by atoms with E-state index < -0.39 is 313 Å². The van der Waals surface area contributed by atoms with Crippen LogP contribution in [0.1, 0.15) is 127 Å². The Labute approximate surface area is 664 Å². The third kappa shape index (κ3) is 36.7. The molecule has 3 fully saturated rings. The summed E-state index contributed by atoms with van der Waals surface area (Å²) in [7, 11) is 2.59. The number of carbonyl (C=O) groups is 21. The number of hydrogen-bond donors (Lipinski definition) is 23. The van der Waals surface area contributed by atoms with Crippen LogP contribution < -0.4 is 97.0 Å². The van der Waals surface area contributed by atoms with Gasteiger partial charge in [0.2, 0.25) is 100 Å². The molecule has 3 saturated heterocycles. The fraction of sp³-hybridized carbons (Fsp3) is 0.677. The van der Waals surface area contributed by atoms with Gasteiger partial charge in [0.1, 0.15) is 84.6 Å². The second-order valence-corrected chi connectivity index (χ2v) is 33.1. The van der Waals surface area contributed by atoms with Gasteiger partial charge < -0.3 is 122 Å². The van der Waals surface area contributed by atoms with E-state index in [4.69, 9.17) is 17.2 Å². The highest BCUT2D eigenvalue weighted by molar-refractivity contribution is 8.77. The van der Waals surface area contributed by atoms with Gasteiger partial charge in [-0.1, -0.05) is 98.6 Å². The Morgan fingerprint density at radius 2 is 0.965 bits per heavy atom. The molecule has 16 atom stereocenters. The number of carboxylic acid groups (broad SMARTS) is 4. The number of nitrogens with two attached hydrogens (primary N) is 3. The van der Waals surface area contributed by atoms with Crippen LogP contribution in [0, 0.1) is 23.7 Å². The van der Waals surface area contributed by atoms with E-state index in [0.29, 0.717) is 21.6 Å². The van der Waals surface area contributed by atoms with E-state index >= 15 is 0 Å². The van der Waals surface area contributed by atoms with Crippen molar-refractivity contribution in [3.63, 3.8) is 0 Å². The normalized spacial score (nSPS) is 24.5. The van der Waals surface area contributed by atoms with Gasteiger partial charge in [0.25, 0.3) is 0 Å². The van der Waals surface area contributed by atoms with Crippen LogP contribution in [-0.4, -0.2) is 276 Å². The number of fused-ring (bicyclic) bond motifs is 37. The van der Waals surface area contributed by atoms with Gasteiger partial charge >= 0.3 is 23.9 Å². The molecule has 0 aromatic heterocycles. The number of hydrogen-bond acceptors (Lipinski definition) is 27. The minimum Gasteiger partial charge on any atom is -0.481 e. The smallest absolute Gasteiger partial charge is 0.326 e. The second-order valence-electron chi connectivity index (χ2n) is 28.0. The molecule has 113 heavy (non-hydrogen) atoms. The molecule has 3 aliphatic rings. The summed E-state index contributed by atoms with van der Waals surface area (Å²) in [6.45, 7) is 13.3. The fourth-order valence-corrected chi connectivity index (χ4v) is 15.0. The van der Waals surface area contributed by atoms with Crippen LogP contribution >= 0.6 is 43.2 Å². The first-order valence-electron chi connectivity index (χ1n) is 35.5. The molecule has 0 saturated carbocycles. The maximum Gasteiger partial charge on any atom is 0.326 e. The minimum atomic E-state index is -2.11. The Morgan fingerprint density at radius 3 is 1.48 bits per heavy atom. The Balaban J connectivity index is 3.28. The fourth-order valence-electron chi connectivity index (χ4n) is 10.4. The van der Waals surface area contributed by atoms with E-state index in [1.165, 1.54) is 27.7 Å². The number of primary amides is 2. The lowest BCUT2D eigenvalue weighted by atomic mass is 10.00. The largest absolute Gasteiger partial charge is 0.481 e. The zero-order valence-corrected chi connectivity index (χ0v) is 66.9. The highest BCUT2D eigenvalue weighted by Crippen LogP contribution is 2.26. The van der Waals surface area contributed by atoms with Crippen molar-refractivity contribution in [1.82, 2.24) is 79.8 Å². The van der Waals surface area contributed by atoms with Gasteiger partial charge in [-0.3, -0.25) is 95.9 Å². The predicted octanol–water partition coefficient (Wildman–Crippen LogP) is -8.15. The number of rotatable bonds is 28. The average Bonchev–Trinajstić information content (AvgIpc) is 0.954. The van der Waals surface area contributed by atoms with E-state index in [1.54, 1.807) is 27.7 Å². The summed E-state index contributed by atoms with van der Waals surface area (Å²) in [5.74, 6) is -32.5. The molecule has 17 amide bonds. The highest BCUT2D eigenvalue weighted by atomic mass is 33.1. The van der Waals surface area contributed by atoms with Gasteiger partial charge in [-0.15, -0.1) is 0 Å². The highest BCUT2D eigenvalue weighted by Gasteiger charge is 2.41. The summed E-state index contributed by atoms with van der Waals surface area (Å²) in [5.41, 5.74) is 16.4. The lowest BCUT2D eigenvalue weighted by molar-refractivity contribution is -0.143. The molecule has 44 nitrogen and oxygen atoms in total. The number of aliphatic hydroxyl groups is 1. The lowest BCUT2D eigenvalue weighted by Gasteiger charge is -2.29. The van der Waals surface area contributed by atoms with Crippen molar-refractivity contribution >= 4 is 167 Å². The topological polar surface area (TPSA) is 718 Å². The van der Waals surface area contributed by atoms with E-state index in [1.807, 2.05) is 5.32 Å². The molecule has 0 spiro atoms. The van der Waals surface area contributed by atoms with Crippen LogP contribution in [0.25, 0.3) is 0 Å². The van der Waals surface area contributed by atoms with Crippen molar-refractivity contribution in [2.24, 2.45) is 40.9 Å². The summed E-state index contributed by atoms with van der Waals surface area (Å²) in [6, 6.07) is -27.7. The average molecular weight is 1680 g/mol. The van der Waals surface area contributed by atoms with Gasteiger partial charge in [0, 0.05) is 35.9 Å². The number of aliphatic carboxylic acids is 4. The number of carboxylic acids is 4. The Hall–Kier alpha value is -9.81. The zero-order valence-electron chi connectivity index (χ0n) is 63.6. The van der Waals surface area contributed by atoms with Crippen LogP contribution in [0.3, 0.4) is 0 Å². The monoisotopic (exact) mass is 1680 g/mol. The number of amides is 17. The SMILES string of the molecule is CC(C)C[C@H](NC(=O)[C@@H]1CSSC[C@@H]2NC(=O)[C@H](CC(C)C)NC(=O)C(CCC(=O)O)NC(=O)[C@@H](NC(=O)[C@H](CCC(=O)O)NC(=O)[C@H](CC(=O)O)NC(=O)[C@@H](N)CC(N)=O)CSSC[C@H](NC(=O)[C@H](C)NC(=O)[C@H](C(C)C)NC(=O)[C@H](CC(N)=O)NC(=O)[C@H](C(C)C)NC2=O)C(=O)N[C@@H](C(C)O)C(=O)NCC(=O)N1)C(=O)O. The first-order valence-corrected chi connectivity index (χ1v) is 40.5. The van der Waals surface area contributed by atoms with Gasteiger partial charge in [0.15, 0.2) is 0 Å². The predicted molar refractivity (Wildman–Crippen MR) is 405 cm³/mol. The molecule has 634 valence electrons. The lowest BCUT2D eigenvalue weighted by Crippen LogP contribution is -2.62. The summed E-state index contributed by atoms with van der Waals surface area (Å²) in [5, 5.41) is 85.4. The Kier molecular flexibility index (Phi) is 43.0. The third-order valence-corrected chi connectivity index (χ3v) is 21.3. The first-order chi connectivity index (χ1) is 52.6. The Bertz CT molecular complexity index is 3490. The molecule has 2 bridgehead atoms. The van der Waals surface area contributed by atoms with Gasteiger partial charge in [0.05, 0.1) is 38.0 Å². The molecule has 2 unspecified atom stereocenters. The van der Waals surface area contributed by atoms with E-state index in [2.05, 4.69) is 74.4 Å². The van der Waals surface area contributed by atoms with Crippen molar-refractivity contribution in [3.05, 3.63) is 0 Å². The third-order valence-electron chi connectivity index (χ3n) is 16.4. The molecule has 3 heterocycles. The molecular weight excluding hydrogens is 1580 g/mol. The van der Waals surface area contributed by atoms with E-state index in [0.717, 1.165) is 35.4 Å². The summed E-state index contributed by atoms with van der Waals surface area (Å²) in [4.78, 5) is 288. The maximum absolute atomic E-state index is 14.9. The molecule has 0 radical (unpaired) electrons. The quantitative estimate of drug-likeness (QED) is 0.0256. The minimum absolute atomic E-state index is 0.111. The van der Waals surface area contributed by atoms with Crippen molar-refractivity contribution in [2.75, 3.05) is 29.6 Å². The molecule has 0 aromatic carbocycles. The molecule has 3 rings (SSSR count). The first kappa shape index (κ1) is 99.3. The summed E-state index contributed by atoms with van der Waals surface area (Å²) < 4.78 is 0. The van der Waals surface area contributed by atoms with Crippen LogP contribution in [0.2, 0.25) is 0 Å².